The van der Waals surface area contributed by atoms with Gasteiger partial charge in [-0.05, 0) is 31.7 Å². The van der Waals surface area contributed by atoms with Gasteiger partial charge in [0.1, 0.15) is 0 Å². The fraction of sp³-hybridized carbons (Fsp3) is 0.692. The van der Waals surface area contributed by atoms with Gasteiger partial charge in [0.05, 0.1) is 13.2 Å². The van der Waals surface area contributed by atoms with E-state index in [1.165, 1.54) is 4.88 Å². The van der Waals surface area contributed by atoms with Crippen molar-refractivity contribution in [3.63, 3.8) is 0 Å². The summed E-state index contributed by atoms with van der Waals surface area (Å²) in [4.78, 5) is 1.41. The molecule has 0 saturated carbocycles. The Balaban J connectivity index is 1.74. The minimum absolute atomic E-state index is 0.439. The zero-order valence-electron chi connectivity index (χ0n) is 10.6. The maximum absolute atomic E-state index is 5.47. The molecule has 4 heteroatoms. The highest BCUT2D eigenvalue weighted by molar-refractivity contribution is 7.10. The van der Waals surface area contributed by atoms with Crippen molar-refractivity contribution in [2.45, 2.75) is 38.4 Å². The molecule has 0 aliphatic carbocycles. The average molecular weight is 254 g/mol. The third-order valence-corrected chi connectivity index (χ3v) is 4.20. The second kappa shape index (κ2) is 6.50. The molecule has 0 spiro atoms. The van der Waals surface area contributed by atoms with Crippen molar-refractivity contribution < 1.29 is 4.74 Å². The van der Waals surface area contributed by atoms with E-state index >= 15 is 0 Å². The van der Waals surface area contributed by atoms with Crippen molar-refractivity contribution >= 4 is 11.3 Å². The Hall–Kier alpha value is -0.420. The first kappa shape index (κ1) is 13.0. The van der Waals surface area contributed by atoms with Gasteiger partial charge in [-0.2, -0.15) is 0 Å². The minimum atomic E-state index is 0.439. The zero-order valence-corrected chi connectivity index (χ0v) is 11.4. The zero-order chi connectivity index (χ0) is 12.1. The van der Waals surface area contributed by atoms with Crippen molar-refractivity contribution in [3.8, 4) is 0 Å². The number of ether oxygens (including phenoxy) is 1. The average Bonchev–Trinajstić information content (AvgIpc) is 2.83. The lowest BCUT2D eigenvalue weighted by atomic mass is 10.1. The smallest absolute Gasteiger partial charge is 0.0620 e. The van der Waals surface area contributed by atoms with Crippen LogP contribution in [0.3, 0.4) is 0 Å². The highest BCUT2D eigenvalue weighted by Gasteiger charge is 2.17. The predicted octanol–water partition coefficient (Wildman–Crippen LogP) is 2.17. The van der Waals surface area contributed by atoms with Crippen LogP contribution in [0.15, 0.2) is 17.5 Å². The molecule has 96 valence electrons. The third-order valence-electron chi connectivity index (χ3n) is 3.14. The van der Waals surface area contributed by atoms with Crippen LogP contribution >= 0.6 is 11.3 Å². The monoisotopic (exact) mass is 254 g/mol. The highest BCUT2D eigenvalue weighted by Crippen LogP contribution is 2.19. The maximum atomic E-state index is 5.47. The highest BCUT2D eigenvalue weighted by atomic mass is 32.1. The van der Waals surface area contributed by atoms with E-state index in [9.17, 15) is 0 Å². The fourth-order valence-corrected chi connectivity index (χ4v) is 3.06. The maximum Gasteiger partial charge on any atom is 0.0620 e. The van der Waals surface area contributed by atoms with Gasteiger partial charge in [0.25, 0.3) is 0 Å². The first-order valence-corrected chi connectivity index (χ1v) is 7.24. The van der Waals surface area contributed by atoms with Gasteiger partial charge in [-0.15, -0.1) is 11.3 Å². The first-order valence-electron chi connectivity index (χ1n) is 6.36. The van der Waals surface area contributed by atoms with Gasteiger partial charge in [-0.3, -0.25) is 0 Å². The minimum Gasteiger partial charge on any atom is -0.379 e. The fourth-order valence-electron chi connectivity index (χ4n) is 2.31. The lowest BCUT2D eigenvalue weighted by molar-refractivity contribution is 0.0708. The van der Waals surface area contributed by atoms with E-state index in [0.29, 0.717) is 18.1 Å². The Morgan fingerprint density at radius 3 is 3.12 bits per heavy atom. The molecule has 0 amide bonds. The molecule has 0 radical (unpaired) electrons. The molecule has 0 aromatic carbocycles. The molecule has 1 aromatic rings. The van der Waals surface area contributed by atoms with Gasteiger partial charge in [-0.25, -0.2) is 0 Å². The van der Waals surface area contributed by atoms with Crippen LogP contribution in [-0.2, 0) is 4.74 Å². The molecular formula is C13H22N2OS. The molecular weight excluding hydrogens is 232 g/mol. The molecule has 1 aromatic heterocycles. The van der Waals surface area contributed by atoms with Crippen molar-refractivity contribution in [3.05, 3.63) is 22.4 Å². The van der Waals surface area contributed by atoms with Gasteiger partial charge in [0, 0.05) is 29.5 Å². The van der Waals surface area contributed by atoms with Crippen LogP contribution in [-0.4, -0.2) is 31.8 Å². The van der Waals surface area contributed by atoms with Crippen LogP contribution in [0.2, 0.25) is 0 Å². The second-order valence-electron chi connectivity index (χ2n) is 4.77. The summed E-state index contributed by atoms with van der Waals surface area (Å²) in [5.41, 5.74) is 0. The number of hydrogen-bond donors (Lipinski definition) is 2. The van der Waals surface area contributed by atoms with Crippen molar-refractivity contribution in [1.82, 2.24) is 10.6 Å². The van der Waals surface area contributed by atoms with Gasteiger partial charge in [0.2, 0.25) is 0 Å². The topological polar surface area (TPSA) is 33.3 Å². The molecule has 2 heterocycles. The number of morpholine rings is 1. The molecule has 1 aliphatic rings. The predicted molar refractivity (Wildman–Crippen MR) is 72.6 cm³/mol. The van der Waals surface area contributed by atoms with E-state index in [1.54, 1.807) is 0 Å². The summed E-state index contributed by atoms with van der Waals surface area (Å²) < 4.78 is 5.47. The van der Waals surface area contributed by atoms with Crippen LogP contribution in [0.4, 0.5) is 0 Å². The van der Waals surface area contributed by atoms with Crippen LogP contribution in [0.25, 0.3) is 0 Å². The number of thiophene rings is 1. The molecule has 3 atom stereocenters. The van der Waals surface area contributed by atoms with Gasteiger partial charge in [0.15, 0.2) is 0 Å². The van der Waals surface area contributed by atoms with Gasteiger partial charge >= 0.3 is 0 Å². The lowest BCUT2D eigenvalue weighted by Crippen LogP contribution is -2.45. The second-order valence-corrected chi connectivity index (χ2v) is 5.75. The molecule has 0 bridgehead atoms. The van der Waals surface area contributed by atoms with Crippen molar-refractivity contribution in [2.24, 2.45) is 0 Å². The number of rotatable bonds is 5. The molecule has 17 heavy (non-hydrogen) atoms. The van der Waals surface area contributed by atoms with Crippen LogP contribution in [0.1, 0.15) is 31.2 Å². The van der Waals surface area contributed by atoms with Crippen LogP contribution < -0.4 is 10.6 Å². The SMILES string of the molecule is CC(CC1COCCN1)N[C@@H](C)c1cccs1. The largest absolute Gasteiger partial charge is 0.379 e. The van der Waals surface area contributed by atoms with Gasteiger partial charge < -0.3 is 15.4 Å². The quantitative estimate of drug-likeness (QED) is 0.845. The summed E-state index contributed by atoms with van der Waals surface area (Å²) in [5, 5.41) is 9.27. The molecule has 2 N–H and O–H groups in total. The van der Waals surface area contributed by atoms with Crippen molar-refractivity contribution in [2.75, 3.05) is 19.8 Å². The molecule has 2 rings (SSSR count). The summed E-state index contributed by atoms with van der Waals surface area (Å²) in [6, 6.07) is 5.75. The van der Waals surface area contributed by atoms with Crippen LogP contribution in [0.5, 0.6) is 0 Å². The van der Waals surface area contributed by atoms with E-state index in [1.807, 2.05) is 11.3 Å². The van der Waals surface area contributed by atoms with E-state index in [-0.39, 0.29) is 0 Å². The molecule has 1 saturated heterocycles. The molecule has 2 unspecified atom stereocenters. The normalized spacial score (nSPS) is 24.5. The van der Waals surface area contributed by atoms with Crippen LogP contribution in [0, 0.1) is 0 Å². The summed E-state index contributed by atoms with van der Waals surface area (Å²) in [5.74, 6) is 0. The number of nitrogens with one attached hydrogen (secondary N) is 2. The summed E-state index contributed by atoms with van der Waals surface area (Å²) in [6.07, 6.45) is 1.12. The molecule has 3 nitrogen and oxygen atoms in total. The lowest BCUT2D eigenvalue weighted by Gasteiger charge is -2.28. The van der Waals surface area contributed by atoms with E-state index in [0.717, 1.165) is 26.2 Å². The molecule has 1 fully saturated rings. The van der Waals surface area contributed by atoms with E-state index in [4.69, 9.17) is 4.74 Å². The standard InChI is InChI=1S/C13H22N2OS/c1-10(8-12-9-16-6-5-14-12)15-11(2)13-4-3-7-17-13/h3-4,7,10-12,14-15H,5-6,8-9H2,1-2H3/t10?,11-,12?/m0/s1. The Morgan fingerprint density at radius 1 is 1.59 bits per heavy atom. The third kappa shape index (κ3) is 4.07. The van der Waals surface area contributed by atoms with E-state index in [2.05, 4.69) is 42.0 Å². The Labute approximate surface area is 108 Å². The Bertz CT molecular complexity index is 309. The Kier molecular flexibility index (Phi) is 4.98. The Morgan fingerprint density at radius 2 is 2.47 bits per heavy atom. The van der Waals surface area contributed by atoms with E-state index < -0.39 is 0 Å². The summed E-state index contributed by atoms with van der Waals surface area (Å²) in [7, 11) is 0. The summed E-state index contributed by atoms with van der Waals surface area (Å²) in [6.45, 7) is 7.16. The summed E-state index contributed by atoms with van der Waals surface area (Å²) >= 11 is 1.82. The first-order chi connectivity index (χ1) is 8.25. The van der Waals surface area contributed by atoms with Gasteiger partial charge in [-0.1, -0.05) is 6.07 Å². The van der Waals surface area contributed by atoms with Crippen molar-refractivity contribution in [1.29, 1.82) is 0 Å². The number of hydrogen-bond acceptors (Lipinski definition) is 4. The molecule has 1 aliphatic heterocycles.